The smallest absolute Gasteiger partial charge is 0.128 e. The summed E-state index contributed by atoms with van der Waals surface area (Å²) in [5.74, 6) is 2.70. The third-order valence-corrected chi connectivity index (χ3v) is 4.37. The Morgan fingerprint density at radius 2 is 1.80 bits per heavy atom. The van der Waals surface area contributed by atoms with Gasteiger partial charge in [-0.05, 0) is 57.7 Å². The molecule has 3 heteroatoms. The first-order chi connectivity index (χ1) is 9.65. The van der Waals surface area contributed by atoms with Crippen LogP contribution in [0.3, 0.4) is 0 Å². The van der Waals surface area contributed by atoms with E-state index in [2.05, 4.69) is 25.2 Å². The molecule has 1 atom stereocenters. The van der Waals surface area contributed by atoms with Crippen molar-refractivity contribution in [1.82, 2.24) is 5.32 Å². The van der Waals surface area contributed by atoms with E-state index in [1.54, 1.807) is 7.11 Å². The summed E-state index contributed by atoms with van der Waals surface area (Å²) in [6, 6.07) is 6.28. The highest BCUT2D eigenvalue weighted by Crippen LogP contribution is 2.36. The Bertz CT molecular complexity index is 425. The van der Waals surface area contributed by atoms with Crippen LogP contribution in [0.1, 0.15) is 51.1 Å². The fourth-order valence-corrected chi connectivity index (χ4v) is 2.90. The van der Waals surface area contributed by atoms with E-state index in [0.717, 1.165) is 35.8 Å². The molecule has 3 nitrogen and oxygen atoms in total. The summed E-state index contributed by atoms with van der Waals surface area (Å²) in [4.78, 5) is 0. The molecule has 0 aliphatic heterocycles. The molecule has 0 spiro atoms. The average Bonchev–Trinajstić information content (AvgIpc) is 2.48. The predicted molar refractivity (Wildman–Crippen MR) is 82.5 cm³/mol. The highest BCUT2D eigenvalue weighted by atomic mass is 16.5. The summed E-state index contributed by atoms with van der Waals surface area (Å²) in [5.41, 5.74) is 1.12. The number of benzene rings is 1. The monoisotopic (exact) mass is 277 g/mol. The molecule has 20 heavy (non-hydrogen) atoms. The Labute approximate surface area is 122 Å². The molecular weight excluding hydrogens is 250 g/mol. The van der Waals surface area contributed by atoms with Crippen LogP contribution >= 0.6 is 0 Å². The molecule has 1 aromatic rings. The lowest BCUT2D eigenvalue weighted by Gasteiger charge is -2.29. The van der Waals surface area contributed by atoms with Crippen LogP contribution in [0.5, 0.6) is 11.5 Å². The number of ether oxygens (including phenoxy) is 2. The van der Waals surface area contributed by atoms with Gasteiger partial charge in [0.25, 0.3) is 0 Å². The Hall–Kier alpha value is -1.22. The Kier molecular flexibility index (Phi) is 5.30. The van der Waals surface area contributed by atoms with E-state index in [9.17, 15) is 0 Å². The molecule has 0 saturated heterocycles. The van der Waals surface area contributed by atoms with E-state index in [4.69, 9.17) is 9.47 Å². The average molecular weight is 277 g/mol. The van der Waals surface area contributed by atoms with Crippen molar-refractivity contribution in [3.63, 3.8) is 0 Å². The molecule has 1 aromatic carbocycles. The largest absolute Gasteiger partial charge is 0.496 e. The topological polar surface area (TPSA) is 30.5 Å². The summed E-state index contributed by atoms with van der Waals surface area (Å²) in [6.07, 6.45) is 5.20. The number of hydrogen-bond acceptors (Lipinski definition) is 3. The minimum absolute atomic E-state index is 0.212. The van der Waals surface area contributed by atoms with Crippen molar-refractivity contribution in [3.8, 4) is 11.5 Å². The first-order valence-corrected chi connectivity index (χ1v) is 7.66. The summed E-state index contributed by atoms with van der Waals surface area (Å²) in [6.45, 7) is 4.46. The van der Waals surface area contributed by atoms with Gasteiger partial charge in [0.15, 0.2) is 0 Å². The molecule has 1 unspecified atom stereocenters. The molecular formula is C17H27NO2. The van der Waals surface area contributed by atoms with Crippen molar-refractivity contribution < 1.29 is 9.47 Å². The summed E-state index contributed by atoms with van der Waals surface area (Å²) < 4.78 is 11.8. The van der Waals surface area contributed by atoms with Gasteiger partial charge in [0.1, 0.15) is 11.5 Å². The van der Waals surface area contributed by atoms with Gasteiger partial charge in [-0.3, -0.25) is 0 Å². The van der Waals surface area contributed by atoms with Crippen LogP contribution in [0.15, 0.2) is 18.2 Å². The minimum Gasteiger partial charge on any atom is -0.496 e. The van der Waals surface area contributed by atoms with E-state index in [1.165, 1.54) is 12.8 Å². The molecule has 0 heterocycles. The van der Waals surface area contributed by atoms with Gasteiger partial charge in [0.05, 0.1) is 18.8 Å². The molecule has 1 N–H and O–H groups in total. The maximum atomic E-state index is 6.28. The van der Waals surface area contributed by atoms with Gasteiger partial charge in [-0.1, -0.05) is 13.0 Å². The molecule has 0 aromatic heterocycles. The normalized spacial score (nSPS) is 24.2. The molecule has 112 valence electrons. The van der Waals surface area contributed by atoms with Crippen molar-refractivity contribution in [3.05, 3.63) is 23.8 Å². The van der Waals surface area contributed by atoms with Crippen molar-refractivity contribution in [2.24, 2.45) is 5.92 Å². The van der Waals surface area contributed by atoms with Crippen LogP contribution in [-0.2, 0) is 0 Å². The van der Waals surface area contributed by atoms with E-state index in [0.29, 0.717) is 6.10 Å². The fourth-order valence-electron chi connectivity index (χ4n) is 2.90. The van der Waals surface area contributed by atoms with E-state index < -0.39 is 0 Å². The third kappa shape index (κ3) is 3.45. The zero-order valence-corrected chi connectivity index (χ0v) is 13.1. The van der Waals surface area contributed by atoms with Gasteiger partial charge in [0, 0.05) is 6.04 Å². The number of hydrogen-bond donors (Lipinski definition) is 1. The van der Waals surface area contributed by atoms with Crippen molar-refractivity contribution >= 4 is 0 Å². The highest BCUT2D eigenvalue weighted by molar-refractivity contribution is 5.46. The lowest BCUT2D eigenvalue weighted by atomic mass is 9.89. The van der Waals surface area contributed by atoms with Crippen LogP contribution in [0.25, 0.3) is 0 Å². The Morgan fingerprint density at radius 1 is 1.15 bits per heavy atom. The molecule has 2 rings (SSSR count). The zero-order chi connectivity index (χ0) is 14.5. The first-order valence-electron chi connectivity index (χ1n) is 7.66. The first kappa shape index (κ1) is 15.2. The summed E-state index contributed by atoms with van der Waals surface area (Å²) in [7, 11) is 3.68. The zero-order valence-electron chi connectivity index (χ0n) is 13.1. The Morgan fingerprint density at radius 3 is 2.40 bits per heavy atom. The van der Waals surface area contributed by atoms with E-state index in [-0.39, 0.29) is 6.04 Å². The second kappa shape index (κ2) is 6.98. The molecule has 0 amide bonds. The minimum atomic E-state index is 0.212. The van der Waals surface area contributed by atoms with Gasteiger partial charge in [0.2, 0.25) is 0 Å². The lowest BCUT2D eigenvalue weighted by molar-refractivity contribution is 0.133. The molecule has 1 fully saturated rings. The van der Waals surface area contributed by atoms with Crippen molar-refractivity contribution in [2.75, 3.05) is 14.2 Å². The van der Waals surface area contributed by atoms with Crippen LogP contribution in [0, 0.1) is 5.92 Å². The lowest BCUT2D eigenvalue weighted by Crippen LogP contribution is -2.24. The number of methoxy groups -OCH3 is 1. The third-order valence-electron chi connectivity index (χ3n) is 4.37. The quantitative estimate of drug-likeness (QED) is 0.884. The van der Waals surface area contributed by atoms with E-state index in [1.807, 2.05) is 19.2 Å². The summed E-state index contributed by atoms with van der Waals surface area (Å²) >= 11 is 0. The van der Waals surface area contributed by atoms with Crippen LogP contribution in [0.4, 0.5) is 0 Å². The van der Waals surface area contributed by atoms with Crippen LogP contribution < -0.4 is 14.8 Å². The van der Waals surface area contributed by atoms with Crippen LogP contribution in [0.2, 0.25) is 0 Å². The number of rotatable bonds is 5. The second-order valence-corrected chi connectivity index (χ2v) is 5.88. The Balaban J connectivity index is 2.18. The maximum absolute atomic E-state index is 6.28. The molecule has 0 bridgehead atoms. The summed E-state index contributed by atoms with van der Waals surface area (Å²) in [5, 5.41) is 3.28. The van der Waals surface area contributed by atoms with Gasteiger partial charge in [-0.15, -0.1) is 0 Å². The van der Waals surface area contributed by atoms with Gasteiger partial charge in [-0.25, -0.2) is 0 Å². The SMILES string of the molecule is CNC(C)c1c(OC)cccc1OC1CCC(C)CC1. The molecule has 1 aliphatic carbocycles. The highest BCUT2D eigenvalue weighted by Gasteiger charge is 2.22. The van der Waals surface area contributed by atoms with Gasteiger partial charge >= 0.3 is 0 Å². The van der Waals surface area contributed by atoms with Gasteiger partial charge in [-0.2, -0.15) is 0 Å². The molecule has 1 aliphatic rings. The number of nitrogens with one attached hydrogen (secondary N) is 1. The fraction of sp³-hybridized carbons (Fsp3) is 0.647. The second-order valence-electron chi connectivity index (χ2n) is 5.88. The van der Waals surface area contributed by atoms with Crippen molar-refractivity contribution in [2.45, 2.75) is 51.7 Å². The maximum Gasteiger partial charge on any atom is 0.128 e. The van der Waals surface area contributed by atoms with Crippen LogP contribution in [-0.4, -0.2) is 20.3 Å². The van der Waals surface area contributed by atoms with Crippen molar-refractivity contribution in [1.29, 1.82) is 0 Å². The molecule has 0 radical (unpaired) electrons. The van der Waals surface area contributed by atoms with E-state index >= 15 is 0 Å². The van der Waals surface area contributed by atoms with Gasteiger partial charge < -0.3 is 14.8 Å². The standard InChI is InChI=1S/C17H27NO2/c1-12-8-10-14(11-9-12)20-16-7-5-6-15(19-4)17(16)13(2)18-3/h5-7,12-14,18H,8-11H2,1-4H3. The predicted octanol–water partition coefficient (Wildman–Crippen LogP) is 3.93. The molecule has 1 saturated carbocycles.